The molecule has 0 bridgehead atoms. The molecule has 0 aromatic heterocycles. The fourth-order valence-electron chi connectivity index (χ4n) is 4.11. The number of benzene rings is 2. The monoisotopic (exact) mass is 356 g/mol. The molecule has 1 fully saturated rings. The zero-order chi connectivity index (χ0) is 17.7. The first kappa shape index (κ1) is 16.6. The van der Waals surface area contributed by atoms with Crippen LogP contribution in [-0.4, -0.2) is 40.0 Å². The number of sulfonamides is 1. The van der Waals surface area contributed by atoms with Crippen molar-refractivity contribution in [2.45, 2.75) is 30.1 Å². The normalized spacial score (nSPS) is 20.0. The molecule has 132 valence electrons. The van der Waals surface area contributed by atoms with Crippen molar-refractivity contribution in [2.24, 2.45) is 0 Å². The Bertz CT molecular complexity index is 882. The Balaban J connectivity index is 1.78. The molecule has 25 heavy (non-hydrogen) atoms. The van der Waals surface area contributed by atoms with Gasteiger partial charge in [-0.1, -0.05) is 35.9 Å². The van der Waals surface area contributed by atoms with Crippen LogP contribution in [0.1, 0.15) is 24.0 Å². The fraction of sp³-hybridized carbons (Fsp3) is 0.400. The van der Waals surface area contributed by atoms with Crippen molar-refractivity contribution in [2.75, 3.05) is 31.0 Å². The average molecular weight is 356 g/mol. The average Bonchev–Trinajstić information content (AvgIpc) is 2.94. The van der Waals surface area contributed by atoms with E-state index in [4.69, 9.17) is 0 Å². The molecule has 1 spiro atoms. The predicted octanol–water partition coefficient (Wildman–Crippen LogP) is 3.17. The number of hydrogen-bond acceptors (Lipinski definition) is 3. The molecule has 4 nitrogen and oxygen atoms in total. The molecular formula is C20H24N2O2S. The van der Waals surface area contributed by atoms with Gasteiger partial charge in [0, 0.05) is 12.0 Å². The second kappa shape index (κ2) is 5.85. The number of nitrogens with zero attached hydrogens (tertiary/aromatic N) is 2. The van der Waals surface area contributed by atoms with E-state index in [2.05, 4.69) is 18.0 Å². The minimum atomic E-state index is -3.54. The summed E-state index contributed by atoms with van der Waals surface area (Å²) in [5.41, 5.74) is 3.06. The highest BCUT2D eigenvalue weighted by atomic mass is 32.2. The summed E-state index contributed by atoms with van der Waals surface area (Å²) in [6, 6.07) is 15.2. The highest BCUT2D eigenvalue weighted by Gasteiger charge is 2.47. The third-order valence-electron chi connectivity index (χ3n) is 5.74. The van der Waals surface area contributed by atoms with E-state index in [0.29, 0.717) is 11.4 Å². The van der Waals surface area contributed by atoms with Crippen LogP contribution < -0.4 is 4.31 Å². The van der Waals surface area contributed by atoms with Crippen LogP contribution in [-0.2, 0) is 15.4 Å². The van der Waals surface area contributed by atoms with Gasteiger partial charge in [-0.2, -0.15) is 0 Å². The van der Waals surface area contributed by atoms with Crippen LogP contribution in [0.3, 0.4) is 0 Å². The van der Waals surface area contributed by atoms with Gasteiger partial charge in [0.15, 0.2) is 0 Å². The van der Waals surface area contributed by atoms with E-state index >= 15 is 0 Å². The molecule has 0 N–H and O–H groups in total. The fourth-order valence-corrected chi connectivity index (χ4v) is 5.68. The Kier molecular flexibility index (Phi) is 3.89. The summed E-state index contributed by atoms with van der Waals surface area (Å²) in [4.78, 5) is 2.70. The zero-order valence-corrected chi connectivity index (χ0v) is 15.6. The molecule has 0 unspecified atom stereocenters. The number of fused-ring (bicyclic) bond motifs is 2. The Morgan fingerprint density at radius 2 is 1.60 bits per heavy atom. The van der Waals surface area contributed by atoms with Gasteiger partial charge in [-0.25, -0.2) is 8.42 Å². The second-order valence-electron chi connectivity index (χ2n) is 7.43. The minimum Gasteiger partial charge on any atom is -0.306 e. The van der Waals surface area contributed by atoms with E-state index in [1.54, 1.807) is 16.4 Å². The van der Waals surface area contributed by atoms with Crippen molar-refractivity contribution in [1.29, 1.82) is 0 Å². The van der Waals surface area contributed by atoms with Gasteiger partial charge >= 0.3 is 0 Å². The van der Waals surface area contributed by atoms with Crippen LogP contribution >= 0.6 is 0 Å². The van der Waals surface area contributed by atoms with Crippen LogP contribution in [0.25, 0.3) is 0 Å². The van der Waals surface area contributed by atoms with E-state index in [1.807, 2.05) is 37.3 Å². The largest absolute Gasteiger partial charge is 0.306 e. The van der Waals surface area contributed by atoms with Crippen molar-refractivity contribution in [3.8, 4) is 0 Å². The van der Waals surface area contributed by atoms with Crippen molar-refractivity contribution in [1.82, 2.24) is 4.90 Å². The van der Waals surface area contributed by atoms with Crippen LogP contribution in [0.2, 0.25) is 0 Å². The molecule has 1 saturated heterocycles. The number of likely N-dealkylation sites (tertiary alicyclic amines) is 1. The lowest BCUT2D eigenvalue weighted by molar-refractivity contribution is 0.198. The van der Waals surface area contributed by atoms with E-state index < -0.39 is 10.0 Å². The third-order valence-corrected chi connectivity index (χ3v) is 7.52. The van der Waals surface area contributed by atoms with Gasteiger partial charge in [0.05, 0.1) is 10.6 Å². The van der Waals surface area contributed by atoms with Crippen molar-refractivity contribution in [3.05, 3.63) is 59.7 Å². The Morgan fingerprint density at radius 1 is 0.960 bits per heavy atom. The quantitative estimate of drug-likeness (QED) is 0.830. The highest BCUT2D eigenvalue weighted by Crippen LogP contribution is 2.48. The summed E-state index contributed by atoms with van der Waals surface area (Å²) in [6.45, 7) is 4.53. The summed E-state index contributed by atoms with van der Waals surface area (Å²) in [5.74, 6) is 0. The number of para-hydroxylation sites is 1. The van der Waals surface area contributed by atoms with Gasteiger partial charge in [0.25, 0.3) is 10.0 Å². The topological polar surface area (TPSA) is 40.6 Å². The molecule has 0 saturated carbocycles. The lowest BCUT2D eigenvalue weighted by Crippen LogP contribution is -2.44. The maximum absolute atomic E-state index is 13.3. The van der Waals surface area contributed by atoms with Crippen molar-refractivity contribution >= 4 is 15.7 Å². The molecule has 2 aromatic carbocycles. The molecular weight excluding hydrogens is 332 g/mol. The standard InChI is InChI=1S/C20H24N2O2S/c1-16-7-9-17(10-8-16)25(23,24)22-15-20(11-13-21(2)14-12-20)18-5-3-4-6-19(18)22/h3-10H,11-15H2,1-2H3. The first-order chi connectivity index (χ1) is 11.9. The lowest BCUT2D eigenvalue weighted by Gasteiger charge is -2.38. The van der Waals surface area contributed by atoms with Gasteiger partial charge < -0.3 is 4.90 Å². The lowest BCUT2D eigenvalue weighted by atomic mass is 9.74. The SMILES string of the molecule is Cc1ccc(S(=O)(=O)N2CC3(CCN(C)CC3)c3ccccc32)cc1. The first-order valence-electron chi connectivity index (χ1n) is 8.80. The summed E-state index contributed by atoms with van der Waals surface area (Å²) in [6.07, 6.45) is 2.00. The molecule has 4 rings (SSSR count). The molecule has 2 aliphatic heterocycles. The molecule has 2 aliphatic rings. The van der Waals surface area contributed by atoms with Crippen LogP contribution in [0.15, 0.2) is 53.4 Å². The molecule has 0 atom stereocenters. The molecule has 0 amide bonds. The summed E-state index contributed by atoms with van der Waals surface area (Å²) in [5, 5.41) is 0. The predicted molar refractivity (Wildman–Crippen MR) is 101 cm³/mol. The number of piperidine rings is 1. The van der Waals surface area contributed by atoms with Crippen molar-refractivity contribution < 1.29 is 8.42 Å². The maximum atomic E-state index is 13.3. The van der Waals surface area contributed by atoms with Gasteiger partial charge in [-0.3, -0.25) is 4.31 Å². The molecule has 2 aromatic rings. The van der Waals surface area contributed by atoms with Crippen molar-refractivity contribution in [3.63, 3.8) is 0 Å². The summed E-state index contributed by atoms with van der Waals surface area (Å²) >= 11 is 0. The Morgan fingerprint density at radius 3 is 2.28 bits per heavy atom. The maximum Gasteiger partial charge on any atom is 0.264 e. The van der Waals surface area contributed by atoms with Crippen LogP contribution in [0, 0.1) is 6.92 Å². The van der Waals surface area contributed by atoms with Crippen LogP contribution in [0.4, 0.5) is 5.69 Å². The summed E-state index contributed by atoms with van der Waals surface area (Å²) < 4.78 is 28.3. The highest BCUT2D eigenvalue weighted by molar-refractivity contribution is 7.92. The molecule has 2 heterocycles. The third kappa shape index (κ3) is 2.66. The van der Waals surface area contributed by atoms with E-state index in [1.165, 1.54) is 5.56 Å². The Hall–Kier alpha value is -1.85. The van der Waals surface area contributed by atoms with E-state index in [9.17, 15) is 8.42 Å². The number of hydrogen-bond donors (Lipinski definition) is 0. The number of rotatable bonds is 2. The second-order valence-corrected chi connectivity index (χ2v) is 9.29. The molecule has 0 aliphatic carbocycles. The van der Waals surface area contributed by atoms with Gasteiger partial charge in [0.2, 0.25) is 0 Å². The van der Waals surface area contributed by atoms with Gasteiger partial charge in [0.1, 0.15) is 0 Å². The minimum absolute atomic E-state index is 0.0547. The first-order valence-corrected chi connectivity index (χ1v) is 10.2. The zero-order valence-electron chi connectivity index (χ0n) is 14.8. The van der Waals surface area contributed by atoms with Crippen LogP contribution in [0.5, 0.6) is 0 Å². The van der Waals surface area contributed by atoms with Gasteiger partial charge in [-0.15, -0.1) is 0 Å². The Labute approximate surface area is 150 Å². The van der Waals surface area contributed by atoms with E-state index in [-0.39, 0.29) is 5.41 Å². The molecule has 5 heteroatoms. The number of anilines is 1. The summed E-state index contributed by atoms with van der Waals surface area (Å²) in [7, 11) is -1.40. The molecule has 0 radical (unpaired) electrons. The van der Waals surface area contributed by atoms with Gasteiger partial charge in [-0.05, 0) is 63.7 Å². The van der Waals surface area contributed by atoms with E-state index in [0.717, 1.165) is 37.2 Å². The smallest absolute Gasteiger partial charge is 0.264 e. The number of aryl methyl sites for hydroxylation is 1.